The number of likely N-dealkylation sites (N-methyl/N-ethyl adjacent to an activating group) is 1. The van der Waals surface area contributed by atoms with Gasteiger partial charge in [0, 0.05) is 6.42 Å². The molecule has 0 aliphatic rings. The number of carbonyl (C=O) groups excluding carboxylic acids is 1. The molecule has 8 nitrogen and oxygen atoms in total. The summed E-state index contributed by atoms with van der Waals surface area (Å²) >= 11 is 0. The molecule has 0 saturated heterocycles. The number of nitrogens with one attached hydrogen (secondary N) is 1. The summed E-state index contributed by atoms with van der Waals surface area (Å²) in [4.78, 5) is 25.5. The fraction of sp³-hybridized carbons (Fsp3) is 0.657. The van der Waals surface area contributed by atoms with E-state index in [0.717, 1.165) is 83.5 Å². The van der Waals surface area contributed by atoms with Gasteiger partial charge in [-0.2, -0.15) is 0 Å². The van der Waals surface area contributed by atoms with Crippen molar-refractivity contribution in [2.75, 3.05) is 40.9 Å². The lowest BCUT2D eigenvalue weighted by Gasteiger charge is -2.29. The second-order valence-corrected chi connectivity index (χ2v) is 22.7. The maximum absolute atomic E-state index is 13.0. The first-order valence-electron chi connectivity index (χ1n) is 30.5. The van der Waals surface area contributed by atoms with E-state index in [1.54, 1.807) is 6.08 Å². The average molecular weight is 1080 g/mol. The van der Waals surface area contributed by atoms with Crippen molar-refractivity contribution in [3.8, 4) is 0 Å². The number of amides is 1. The molecule has 0 radical (unpaired) electrons. The maximum atomic E-state index is 13.0. The fourth-order valence-corrected chi connectivity index (χ4v) is 8.81. The van der Waals surface area contributed by atoms with Crippen LogP contribution >= 0.6 is 7.82 Å². The van der Waals surface area contributed by atoms with Gasteiger partial charge in [0.25, 0.3) is 7.82 Å². The van der Waals surface area contributed by atoms with E-state index in [1.807, 2.05) is 27.2 Å². The first-order chi connectivity index (χ1) is 37.0. The predicted molar refractivity (Wildman–Crippen MR) is 329 cm³/mol. The van der Waals surface area contributed by atoms with Crippen molar-refractivity contribution in [3.63, 3.8) is 0 Å². The Bertz CT molecular complexity index is 1700. The molecule has 3 atom stereocenters. The highest BCUT2D eigenvalue weighted by atomic mass is 31.2. The lowest BCUT2D eigenvalue weighted by molar-refractivity contribution is -0.870. The number of phosphoric ester groups is 1. The summed E-state index contributed by atoms with van der Waals surface area (Å²) in [6, 6.07) is -0.945. The van der Waals surface area contributed by atoms with Gasteiger partial charge in [-0.1, -0.05) is 250 Å². The summed E-state index contributed by atoms with van der Waals surface area (Å²) in [5.41, 5.74) is 0. The van der Waals surface area contributed by atoms with Gasteiger partial charge in [0.1, 0.15) is 13.2 Å². The minimum Gasteiger partial charge on any atom is -0.756 e. The van der Waals surface area contributed by atoms with Gasteiger partial charge in [0.05, 0.1) is 39.9 Å². The Balaban J connectivity index is 4.39. The van der Waals surface area contributed by atoms with Crippen molar-refractivity contribution in [1.82, 2.24) is 5.32 Å². The molecule has 76 heavy (non-hydrogen) atoms. The maximum Gasteiger partial charge on any atom is 0.268 e. The highest BCUT2D eigenvalue weighted by Crippen LogP contribution is 2.38. The van der Waals surface area contributed by atoms with Gasteiger partial charge >= 0.3 is 0 Å². The van der Waals surface area contributed by atoms with E-state index in [4.69, 9.17) is 9.05 Å². The average Bonchev–Trinajstić information content (AvgIpc) is 3.38. The molecule has 434 valence electrons. The third-order valence-electron chi connectivity index (χ3n) is 12.8. The summed E-state index contributed by atoms with van der Waals surface area (Å²) in [7, 11) is 1.19. The molecule has 9 heteroatoms. The first kappa shape index (κ1) is 72.6. The smallest absolute Gasteiger partial charge is 0.268 e. The molecule has 3 unspecified atom stereocenters. The summed E-state index contributed by atoms with van der Waals surface area (Å²) in [5.74, 6) is -0.258. The quantitative estimate of drug-likeness (QED) is 0.0272. The molecule has 0 fully saturated rings. The Morgan fingerprint density at radius 1 is 0.474 bits per heavy atom. The van der Waals surface area contributed by atoms with E-state index in [2.05, 4.69) is 141 Å². The number of quaternary nitrogens is 1. The Kier molecular flexibility index (Phi) is 53.9. The normalized spacial score (nSPS) is 14.8. The molecular weight excluding hydrogens is 960 g/mol. The van der Waals surface area contributed by atoms with Gasteiger partial charge in [-0.25, -0.2) is 0 Å². The number of allylic oxidation sites excluding steroid dienone is 21. The number of hydrogen-bond donors (Lipinski definition) is 2. The van der Waals surface area contributed by atoms with Gasteiger partial charge in [-0.05, 0) is 109 Å². The minimum absolute atomic E-state index is 0.0256. The fourth-order valence-electron chi connectivity index (χ4n) is 8.08. The van der Waals surface area contributed by atoms with E-state index in [9.17, 15) is 19.4 Å². The molecule has 0 bridgehead atoms. The Hall–Kier alpha value is -3.36. The summed E-state index contributed by atoms with van der Waals surface area (Å²) in [5, 5.41) is 13.8. The molecule has 0 spiro atoms. The van der Waals surface area contributed by atoms with Crippen molar-refractivity contribution in [2.24, 2.45) is 0 Å². The third-order valence-corrected chi connectivity index (χ3v) is 13.8. The Morgan fingerprint density at radius 2 is 0.816 bits per heavy atom. The molecule has 0 rings (SSSR count). The molecule has 0 aromatic rings. The Labute approximate surface area is 468 Å². The zero-order valence-corrected chi connectivity index (χ0v) is 50.3. The lowest BCUT2D eigenvalue weighted by Crippen LogP contribution is -2.45. The summed E-state index contributed by atoms with van der Waals surface area (Å²) in [6.45, 7) is 4.47. The second kappa shape index (κ2) is 56.4. The van der Waals surface area contributed by atoms with Gasteiger partial charge in [0.15, 0.2) is 0 Å². The molecule has 0 aliphatic carbocycles. The third kappa shape index (κ3) is 58.3. The molecule has 1 amide bonds. The lowest BCUT2D eigenvalue weighted by atomic mass is 10.0. The van der Waals surface area contributed by atoms with Crippen molar-refractivity contribution < 1.29 is 32.9 Å². The number of nitrogens with zero attached hydrogens (tertiary/aromatic N) is 1. The highest BCUT2D eigenvalue weighted by Gasteiger charge is 2.23. The van der Waals surface area contributed by atoms with Gasteiger partial charge in [-0.3, -0.25) is 9.36 Å². The minimum atomic E-state index is -4.64. The van der Waals surface area contributed by atoms with Crippen molar-refractivity contribution in [1.29, 1.82) is 0 Å². The van der Waals surface area contributed by atoms with Crippen molar-refractivity contribution >= 4 is 13.7 Å². The number of aliphatic hydroxyl groups excluding tert-OH is 1. The first-order valence-corrected chi connectivity index (χ1v) is 32.0. The molecular formula is C67H115N2O6P. The van der Waals surface area contributed by atoms with E-state index in [-0.39, 0.29) is 18.9 Å². The van der Waals surface area contributed by atoms with Crippen LogP contribution in [-0.2, 0) is 18.4 Å². The number of phosphoric acid groups is 1. The topological polar surface area (TPSA) is 108 Å². The monoisotopic (exact) mass is 1070 g/mol. The standard InChI is InChI=1S/C67H115N2O6P/c1-6-8-10-12-14-16-18-20-22-24-26-28-30-32-34-36-38-40-42-44-46-48-50-52-54-56-58-60-66(70)65(64-75-76(72,73)74-63-62-69(3,4)5)68-67(71)61-59-57-55-53-51-49-47-45-43-41-39-37-35-33-31-29-27-25-23-21-19-17-15-13-11-9-7-2/h9,11,15,17,21,23,27,29,33,35,39,41-42,44-45,47,50-53,58,60,65-66,70H,6-8,10,12-14,16,18-20,22,24-26,28,30-32,34,36-38,40,43,46,48-49,54-57,59,61-64H2,1-5H3,(H-,68,71,72,73)/b11-9-,17-15-,23-21-,29-27-,35-33-,41-39-,44-42+,47-45-,52-50+,53-51-,60-58+. The van der Waals surface area contributed by atoms with Crippen LogP contribution in [0.3, 0.4) is 0 Å². The number of aliphatic hydroxyl groups is 1. The van der Waals surface area contributed by atoms with Crippen molar-refractivity contribution in [2.45, 2.75) is 244 Å². The van der Waals surface area contributed by atoms with Crippen LogP contribution < -0.4 is 10.2 Å². The molecule has 0 aliphatic heterocycles. The second-order valence-electron chi connectivity index (χ2n) is 21.3. The van der Waals surface area contributed by atoms with Crippen LogP contribution in [0.2, 0.25) is 0 Å². The van der Waals surface area contributed by atoms with E-state index < -0.39 is 26.6 Å². The van der Waals surface area contributed by atoms with E-state index in [0.29, 0.717) is 23.9 Å². The van der Waals surface area contributed by atoms with Crippen LogP contribution in [0, 0.1) is 0 Å². The van der Waals surface area contributed by atoms with Crippen LogP contribution in [0.4, 0.5) is 0 Å². The molecule has 0 heterocycles. The number of rotatable bonds is 54. The predicted octanol–water partition coefficient (Wildman–Crippen LogP) is 18.5. The number of unbranched alkanes of at least 4 members (excludes halogenated alkanes) is 21. The molecule has 0 aromatic carbocycles. The molecule has 0 aromatic heterocycles. The van der Waals surface area contributed by atoms with Gasteiger partial charge in [0.2, 0.25) is 5.91 Å². The van der Waals surface area contributed by atoms with Crippen LogP contribution in [0.5, 0.6) is 0 Å². The van der Waals surface area contributed by atoms with Crippen LogP contribution in [0.15, 0.2) is 134 Å². The Morgan fingerprint density at radius 3 is 1.22 bits per heavy atom. The van der Waals surface area contributed by atoms with Crippen molar-refractivity contribution in [3.05, 3.63) is 134 Å². The van der Waals surface area contributed by atoms with Crippen LogP contribution in [0.25, 0.3) is 0 Å². The van der Waals surface area contributed by atoms with Crippen LogP contribution in [-0.4, -0.2) is 68.5 Å². The zero-order chi connectivity index (χ0) is 55.6. The largest absolute Gasteiger partial charge is 0.756 e. The highest BCUT2D eigenvalue weighted by molar-refractivity contribution is 7.45. The SMILES string of the molecule is CC/C=C\C/C=C\C/C=C\C/C=C\C/C=C\C/C=C\C/C=C\C/C=C\CCCCC(=O)NC(COP(=O)([O-])OCC[N+](C)(C)C)C(O)/C=C/CC/C=C/CC/C=C/CCCCCCCCCCCCCCCCCCC. The number of carbonyl (C=O) groups is 1. The zero-order valence-electron chi connectivity index (χ0n) is 49.4. The summed E-state index contributed by atoms with van der Waals surface area (Å²) in [6.07, 6.45) is 85.5. The summed E-state index contributed by atoms with van der Waals surface area (Å²) < 4.78 is 23.3. The van der Waals surface area contributed by atoms with Gasteiger partial charge < -0.3 is 28.8 Å². The van der Waals surface area contributed by atoms with E-state index in [1.165, 1.54) is 116 Å². The number of hydrogen-bond acceptors (Lipinski definition) is 6. The van der Waals surface area contributed by atoms with Crippen LogP contribution in [0.1, 0.15) is 232 Å². The molecule has 2 N–H and O–H groups in total. The van der Waals surface area contributed by atoms with E-state index >= 15 is 0 Å². The molecule has 0 saturated carbocycles. The van der Waals surface area contributed by atoms with Gasteiger partial charge in [-0.15, -0.1) is 0 Å².